The highest BCUT2D eigenvalue weighted by Crippen LogP contribution is 2.21. The zero-order valence-corrected chi connectivity index (χ0v) is 16.0. The smallest absolute Gasteiger partial charge is 0.326 e. The predicted octanol–water partition coefficient (Wildman–Crippen LogP) is 3.88. The Hall–Kier alpha value is -3.20. The number of benzene rings is 1. The normalized spacial score (nSPS) is 10.3. The number of hydrogen-bond acceptors (Lipinski definition) is 7. The number of aryl methyl sites for hydroxylation is 2. The van der Waals surface area contributed by atoms with Crippen LogP contribution < -0.4 is 15.4 Å². The lowest BCUT2D eigenvalue weighted by molar-refractivity contribution is 0.262. The molecule has 8 nitrogen and oxygen atoms in total. The largest absolute Gasteiger partial charge is 0.330 e. The average molecular weight is 381 g/mol. The minimum atomic E-state index is -0.429. The second-order valence-corrected chi connectivity index (χ2v) is 6.27. The molecular weight excluding hydrogens is 362 g/mol. The summed E-state index contributed by atoms with van der Waals surface area (Å²) in [5.74, 6) is 1.06. The van der Waals surface area contributed by atoms with Crippen molar-refractivity contribution in [2.24, 2.45) is 0 Å². The van der Waals surface area contributed by atoms with E-state index in [4.69, 9.17) is 0 Å². The molecule has 3 N–H and O–H groups in total. The number of carbonyl (C=O) groups is 1. The van der Waals surface area contributed by atoms with Gasteiger partial charge in [0.15, 0.2) is 5.82 Å². The lowest BCUT2D eigenvalue weighted by Gasteiger charge is -2.11. The second kappa shape index (κ2) is 8.45. The Kier molecular flexibility index (Phi) is 5.82. The van der Waals surface area contributed by atoms with Crippen molar-refractivity contribution in [2.75, 3.05) is 21.6 Å². The number of nitrogens with one attached hydrogen (secondary N) is 3. The van der Waals surface area contributed by atoms with Crippen LogP contribution in [0.2, 0.25) is 0 Å². The van der Waals surface area contributed by atoms with E-state index in [1.165, 1.54) is 11.9 Å². The van der Waals surface area contributed by atoms with Gasteiger partial charge in [-0.1, -0.05) is 18.0 Å². The molecule has 0 atom stereocenters. The van der Waals surface area contributed by atoms with Gasteiger partial charge in [0.2, 0.25) is 5.95 Å². The third-order valence-electron chi connectivity index (χ3n) is 3.56. The van der Waals surface area contributed by atoms with Gasteiger partial charge in [0.25, 0.3) is 0 Å². The minimum Gasteiger partial charge on any atom is -0.330 e. The molecule has 1 aromatic carbocycles. The van der Waals surface area contributed by atoms with Gasteiger partial charge in [-0.05, 0) is 49.7 Å². The maximum absolute atomic E-state index is 12.3. The van der Waals surface area contributed by atoms with Crippen LogP contribution >= 0.6 is 11.9 Å². The van der Waals surface area contributed by atoms with E-state index in [1.54, 1.807) is 19.2 Å². The monoisotopic (exact) mass is 381 g/mol. The number of hydrogen-bond donors (Lipinski definition) is 3. The molecule has 2 heterocycles. The fourth-order valence-corrected chi connectivity index (χ4v) is 2.75. The highest BCUT2D eigenvalue weighted by atomic mass is 32.2. The van der Waals surface area contributed by atoms with Gasteiger partial charge in [-0.2, -0.15) is 9.97 Å². The van der Waals surface area contributed by atoms with E-state index in [1.807, 2.05) is 43.5 Å². The molecule has 0 bridgehead atoms. The molecule has 0 radical (unpaired) electrons. The number of amides is 2. The van der Waals surface area contributed by atoms with Crippen molar-refractivity contribution < 1.29 is 4.79 Å². The van der Waals surface area contributed by atoms with Crippen molar-refractivity contribution in [3.05, 3.63) is 54.0 Å². The van der Waals surface area contributed by atoms with Crippen LogP contribution in [0.1, 0.15) is 11.4 Å². The number of pyridine rings is 1. The molecule has 0 aliphatic heterocycles. The van der Waals surface area contributed by atoms with Gasteiger partial charge in [-0.15, -0.1) is 0 Å². The molecule has 3 rings (SSSR count). The SMILES string of the molecule is CSNc1ccc(NC(=O)Nc2nc(C)nc(-c3ccccn3)n2)c(C)c1. The van der Waals surface area contributed by atoms with Crippen LogP contribution in [0, 0.1) is 13.8 Å². The van der Waals surface area contributed by atoms with Gasteiger partial charge in [0.05, 0.1) is 0 Å². The maximum Gasteiger partial charge on any atom is 0.326 e. The summed E-state index contributed by atoms with van der Waals surface area (Å²) in [6.07, 6.45) is 3.61. The molecule has 0 aliphatic rings. The molecule has 0 unspecified atom stereocenters. The van der Waals surface area contributed by atoms with Gasteiger partial charge >= 0.3 is 6.03 Å². The van der Waals surface area contributed by atoms with Gasteiger partial charge in [-0.3, -0.25) is 10.3 Å². The van der Waals surface area contributed by atoms with Crippen molar-refractivity contribution >= 4 is 35.3 Å². The van der Waals surface area contributed by atoms with Gasteiger partial charge < -0.3 is 10.0 Å². The third-order valence-corrected chi connectivity index (χ3v) is 4.00. The summed E-state index contributed by atoms with van der Waals surface area (Å²) in [6.45, 7) is 3.66. The highest BCUT2D eigenvalue weighted by molar-refractivity contribution is 7.99. The summed E-state index contributed by atoms with van der Waals surface area (Å²) < 4.78 is 3.15. The van der Waals surface area contributed by atoms with E-state index in [2.05, 4.69) is 35.3 Å². The summed E-state index contributed by atoms with van der Waals surface area (Å²) in [4.78, 5) is 29.3. The van der Waals surface area contributed by atoms with Crippen LogP contribution in [0.5, 0.6) is 0 Å². The number of aromatic nitrogens is 4. The van der Waals surface area contributed by atoms with E-state index in [0.29, 0.717) is 23.0 Å². The Balaban J connectivity index is 1.74. The molecule has 9 heteroatoms. The number of anilines is 3. The molecule has 2 aromatic heterocycles. The first-order valence-corrected chi connectivity index (χ1v) is 9.39. The Morgan fingerprint density at radius 3 is 2.59 bits per heavy atom. The minimum absolute atomic E-state index is 0.166. The Bertz CT molecular complexity index is 950. The van der Waals surface area contributed by atoms with Crippen molar-refractivity contribution in [2.45, 2.75) is 13.8 Å². The fourth-order valence-electron chi connectivity index (χ4n) is 2.39. The van der Waals surface area contributed by atoms with Crippen LogP contribution in [0.4, 0.5) is 22.1 Å². The molecule has 0 saturated carbocycles. The van der Waals surface area contributed by atoms with Crippen molar-refractivity contribution in [3.63, 3.8) is 0 Å². The summed E-state index contributed by atoms with van der Waals surface area (Å²) in [5, 5.41) is 5.45. The Morgan fingerprint density at radius 2 is 1.89 bits per heavy atom. The number of nitrogens with zero attached hydrogens (tertiary/aromatic N) is 4. The topological polar surface area (TPSA) is 105 Å². The zero-order valence-electron chi connectivity index (χ0n) is 15.1. The quantitative estimate of drug-likeness (QED) is 0.576. The van der Waals surface area contributed by atoms with Gasteiger partial charge in [-0.25, -0.2) is 9.78 Å². The standard InChI is InChI=1S/C18H19N7OS/c1-11-10-13(25-27-3)7-8-14(11)22-18(26)24-17-21-12(2)20-16(23-17)15-6-4-5-9-19-15/h4-10,25H,1-3H3,(H2,20,21,22,23,24,26). The second-order valence-electron chi connectivity index (χ2n) is 5.66. The van der Waals surface area contributed by atoms with E-state index >= 15 is 0 Å². The molecule has 0 saturated heterocycles. The molecule has 27 heavy (non-hydrogen) atoms. The fraction of sp³-hybridized carbons (Fsp3) is 0.167. The first-order chi connectivity index (χ1) is 13.0. The summed E-state index contributed by atoms with van der Waals surface area (Å²) in [5.41, 5.74) is 3.22. The summed E-state index contributed by atoms with van der Waals surface area (Å²) in [6, 6.07) is 10.7. The molecule has 138 valence electrons. The van der Waals surface area contributed by atoms with Gasteiger partial charge in [0.1, 0.15) is 11.5 Å². The first kappa shape index (κ1) is 18.6. The first-order valence-electron chi connectivity index (χ1n) is 8.17. The highest BCUT2D eigenvalue weighted by Gasteiger charge is 2.11. The van der Waals surface area contributed by atoms with Gasteiger partial charge in [0, 0.05) is 23.8 Å². The van der Waals surface area contributed by atoms with Crippen LogP contribution in [0.25, 0.3) is 11.5 Å². The van der Waals surface area contributed by atoms with E-state index in [0.717, 1.165) is 11.3 Å². The molecule has 0 spiro atoms. The van der Waals surface area contributed by atoms with Crippen molar-refractivity contribution in [1.82, 2.24) is 19.9 Å². The van der Waals surface area contributed by atoms with Crippen molar-refractivity contribution in [1.29, 1.82) is 0 Å². The van der Waals surface area contributed by atoms with Crippen LogP contribution in [0.15, 0.2) is 42.6 Å². The number of carbonyl (C=O) groups excluding carboxylic acids is 1. The predicted molar refractivity (Wildman–Crippen MR) is 109 cm³/mol. The number of urea groups is 1. The summed E-state index contributed by atoms with van der Waals surface area (Å²) in [7, 11) is 0. The van der Waals surface area contributed by atoms with E-state index in [9.17, 15) is 4.79 Å². The molecule has 2 amide bonds. The number of rotatable bonds is 5. The molecule has 0 aliphatic carbocycles. The maximum atomic E-state index is 12.3. The Morgan fingerprint density at radius 1 is 1.04 bits per heavy atom. The van der Waals surface area contributed by atoms with E-state index < -0.39 is 6.03 Å². The van der Waals surface area contributed by atoms with Crippen LogP contribution in [-0.4, -0.2) is 32.2 Å². The lowest BCUT2D eigenvalue weighted by Crippen LogP contribution is -2.22. The Labute approximate surface area is 161 Å². The van der Waals surface area contributed by atoms with Crippen LogP contribution in [-0.2, 0) is 0 Å². The zero-order chi connectivity index (χ0) is 19.2. The molecular formula is C18H19N7OS. The third kappa shape index (κ3) is 4.91. The average Bonchev–Trinajstić information content (AvgIpc) is 2.64. The van der Waals surface area contributed by atoms with Crippen LogP contribution in [0.3, 0.4) is 0 Å². The summed E-state index contributed by atoms with van der Waals surface area (Å²) >= 11 is 1.51. The van der Waals surface area contributed by atoms with E-state index in [-0.39, 0.29) is 5.95 Å². The lowest BCUT2D eigenvalue weighted by atomic mass is 10.2. The molecule has 0 fully saturated rings. The van der Waals surface area contributed by atoms with Crippen molar-refractivity contribution in [3.8, 4) is 11.5 Å². The molecule has 3 aromatic rings.